The number of piperidine rings is 1. The molecule has 3 rings (SSSR count). The minimum atomic E-state index is 0.726. The zero-order chi connectivity index (χ0) is 17.6. The van der Waals surface area contributed by atoms with Gasteiger partial charge < -0.3 is 14.5 Å². The summed E-state index contributed by atoms with van der Waals surface area (Å²) < 4.78 is 5.31. The Kier molecular flexibility index (Phi) is 6.16. The number of aromatic nitrogens is 1. The number of pyridine rings is 1. The first-order chi connectivity index (χ1) is 12.2. The van der Waals surface area contributed by atoms with Crippen LogP contribution in [0, 0.1) is 5.92 Å². The van der Waals surface area contributed by atoms with Gasteiger partial charge in [0.25, 0.3) is 0 Å². The Balaban J connectivity index is 1.50. The minimum absolute atomic E-state index is 0.726. The maximum Gasteiger partial charge on any atom is 0.137 e. The zero-order valence-electron chi connectivity index (χ0n) is 15.0. The van der Waals surface area contributed by atoms with Gasteiger partial charge in [0, 0.05) is 44.3 Å². The molecule has 0 saturated carbocycles. The molecule has 5 heteroatoms. The van der Waals surface area contributed by atoms with E-state index in [9.17, 15) is 0 Å². The Labute approximate surface area is 155 Å². The quantitative estimate of drug-likeness (QED) is 0.776. The predicted octanol–water partition coefficient (Wildman–Crippen LogP) is 4.09. The molecule has 1 saturated heterocycles. The van der Waals surface area contributed by atoms with Gasteiger partial charge in [-0.2, -0.15) is 0 Å². The van der Waals surface area contributed by atoms with Crippen molar-refractivity contribution < 1.29 is 4.74 Å². The van der Waals surface area contributed by atoms with E-state index in [-0.39, 0.29) is 0 Å². The molecule has 134 valence electrons. The monoisotopic (exact) mass is 359 g/mol. The smallest absolute Gasteiger partial charge is 0.137 e. The molecule has 0 unspecified atom stereocenters. The Morgan fingerprint density at radius 3 is 2.60 bits per heavy atom. The molecule has 0 amide bonds. The Morgan fingerprint density at radius 1 is 1.20 bits per heavy atom. The highest BCUT2D eigenvalue weighted by molar-refractivity contribution is 6.32. The van der Waals surface area contributed by atoms with Crippen molar-refractivity contribution in [3.05, 3.63) is 53.3 Å². The number of ether oxygens (including phenoxy) is 1. The molecule has 1 aliphatic heterocycles. The fraction of sp³-hybridized carbons (Fsp3) is 0.450. The molecular weight excluding hydrogens is 334 g/mol. The van der Waals surface area contributed by atoms with Crippen molar-refractivity contribution in [2.24, 2.45) is 5.92 Å². The van der Waals surface area contributed by atoms with Gasteiger partial charge in [0.2, 0.25) is 0 Å². The molecule has 0 atom stereocenters. The highest BCUT2D eigenvalue weighted by Gasteiger charge is 2.21. The first-order valence-electron chi connectivity index (χ1n) is 8.82. The van der Waals surface area contributed by atoms with Crippen molar-refractivity contribution in [2.75, 3.05) is 38.7 Å². The van der Waals surface area contributed by atoms with E-state index in [0.29, 0.717) is 0 Å². The van der Waals surface area contributed by atoms with Crippen molar-refractivity contribution in [1.82, 2.24) is 9.88 Å². The summed E-state index contributed by atoms with van der Waals surface area (Å²) in [6, 6.07) is 10.2. The lowest BCUT2D eigenvalue weighted by Crippen LogP contribution is -2.37. The van der Waals surface area contributed by atoms with E-state index in [1.807, 2.05) is 24.5 Å². The average Bonchev–Trinajstić information content (AvgIpc) is 2.65. The van der Waals surface area contributed by atoms with Crippen LogP contribution in [0.25, 0.3) is 0 Å². The van der Waals surface area contributed by atoms with E-state index in [0.717, 1.165) is 48.4 Å². The molecule has 0 aliphatic carbocycles. The first kappa shape index (κ1) is 18.0. The van der Waals surface area contributed by atoms with Gasteiger partial charge in [-0.15, -0.1) is 0 Å². The molecule has 1 fully saturated rings. The van der Waals surface area contributed by atoms with Crippen molar-refractivity contribution in [3.63, 3.8) is 0 Å². The summed E-state index contributed by atoms with van der Waals surface area (Å²) in [6.45, 7) is 4.17. The second-order valence-electron chi connectivity index (χ2n) is 6.77. The van der Waals surface area contributed by atoms with Crippen molar-refractivity contribution in [2.45, 2.75) is 19.4 Å². The van der Waals surface area contributed by atoms with Gasteiger partial charge in [0.05, 0.1) is 12.1 Å². The van der Waals surface area contributed by atoms with Crippen LogP contribution in [-0.2, 0) is 6.54 Å². The molecule has 1 aliphatic rings. The van der Waals surface area contributed by atoms with Gasteiger partial charge >= 0.3 is 0 Å². The molecule has 0 bridgehead atoms. The van der Waals surface area contributed by atoms with Crippen LogP contribution in [0.3, 0.4) is 0 Å². The van der Waals surface area contributed by atoms with Crippen LogP contribution < -0.4 is 9.64 Å². The number of benzene rings is 1. The van der Waals surface area contributed by atoms with Gasteiger partial charge in [-0.1, -0.05) is 23.7 Å². The molecule has 0 N–H and O–H groups in total. The first-order valence-corrected chi connectivity index (χ1v) is 9.20. The maximum atomic E-state index is 6.42. The van der Waals surface area contributed by atoms with E-state index in [1.165, 1.54) is 18.5 Å². The Hall–Kier alpha value is -1.78. The second-order valence-corrected chi connectivity index (χ2v) is 7.14. The van der Waals surface area contributed by atoms with Crippen LogP contribution in [0.2, 0.25) is 5.02 Å². The van der Waals surface area contributed by atoms with Crippen molar-refractivity contribution >= 4 is 17.3 Å². The summed E-state index contributed by atoms with van der Waals surface area (Å²) in [4.78, 5) is 8.92. The van der Waals surface area contributed by atoms with Crippen molar-refractivity contribution in [3.8, 4) is 5.75 Å². The maximum absolute atomic E-state index is 6.42. The molecule has 2 heterocycles. The molecule has 1 aromatic carbocycles. The van der Waals surface area contributed by atoms with E-state index in [1.54, 1.807) is 7.11 Å². The normalized spacial score (nSPS) is 15.6. The van der Waals surface area contributed by atoms with E-state index < -0.39 is 0 Å². The number of hydrogen-bond acceptors (Lipinski definition) is 4. The van der Waals surface area contributed by atoms with Crippen LogP contribution in [0.5, 0.6) is 5.75 Å². The molecule has 0 spiro atoms. The lowest BCUT2D eigenvalue weighted by atomic mass is 9.96. The highest BCUT2D eigenvalue weighted by atomic mass is 35.5. The largest absolute Gasteiger partial charge is 0.495 e. The van der Waals surface area contributed by atoms with Gasteiger partial charge in [0.15, 0.2) is 0 Å². The minimum Gasteiger partial charge on any atom is -0.495 e. The number of hydrogen-bond donors (Lipinski definition) is 0. The number of rotatable bonds is 6. The topological polar surface area (TPSA) is 28.6 Å². The standard InChI is InChI=1S/C20H26ClN3O/c1-23(15-17-4-3-5-19(25-2)20(17)21)14-16-8-12-24(13-9-16)18-6-10-22-11-7-18/h3-7,10-11,16H,8-9,12-15H2,1-2H3. The van der Waals surface area contributed by atoms with Crippen LogP contribution in [0.4, 0.5) is 5.69 Å². The molecule has 1 aromatic heterocycles. The fourth-order valence-electron chi connectivity index (χ4n) is 3.56. The summed E-state index contributed by atoms with van der Waals surface area (Å²) in [5.74, 6) is 1.48. The Bertz CT molecular complexity index is 672. The lowest BCUT2D eigenvalue weighted by molar-refractivity contribution is 0.242. The van der Waals surface area contributed by atoms with E-state index in [2.05, 4.69) is 40.0 Å². The number of anilines is 1. The summed E-state index contributed by atoms with van der Waals surface area (Å²) in [5.41, 5.74) is 2.41. The van der Waals surface area contributed by atoms with Crippen molar-refractivity contribution in [1.29, 1.82) is 0 Å². The SMILES string of the molecule is COc1cccc(CN(C)CC2CCN(c3ccncc3)CC2)c1Cl. The summed E-state index contributed by atoms with van der Waals surface area (Å²) in [5, 5.41) is 0.726. The Morgan fingerprint density at radius 2 is 1.92 bits per heavy atom. The van der Waals surface area contributed by atoms with Gasteiger partial charge in [0.1, 0.15) is 5.75 Å². The van der Waals surface area contributed by atoms with Gasteiger partial charge in [-0.3, -0.25) is 4.98 Å². The second kappa shape index (κ2) is 8.54. The lowest BCUT2D eigenvalue weighted by Gasteiger charge is -2.35. The average molecular weight is 360 g/mol. The zero-order valence-corrected chi connectivity index (χ0v) is 15.7. The third-order valence-corrected chi connectivity index (χ3v) is 5.34. The number of methoxy groups -OCH3 is 1. The number of nitrogens with zero attached hydrogens (tertiary/aromatic N) is 3. The third kappa shape index (κ3) is 4.65. The van der Waals surface area contributed by atoms with Crippen LogP contribution in [-0.4, -0.2) is 43.7 Å². The number of halogens is 1. The molecule has 4 nitrogen and oxygen atoms in total. The van der Waals surface area contributed by atoms with E-state index in [4.69, 9.17) is 16.3 Å². The van der Waals surface area contributed by atoms with Gasteiger partial charge in [-0.05, 0) is 49.6 Å². The van der Waals surface area contributed by atoms with Crippen LogP contribution >= 0.6 is 11.6 Å². The molecular formula is C20H26ClN3O. The van der Waals surface area contributed by atoms with Crippen LogP contribution in [0.15, 0.2) is 42.7 Å². The summed E-state index contributed by atoms with van der Waals surface area (Å²) >= 11 is 6.42. The predicted molar refractivity (Wildman–Crippen MR) is 104 cm³/mol. The highest BCUT2D eigenvalue weighted by Crippen LogP contribution is 2.29. The molecule has 0 radical (unpaired) electrons. The third-order valence-electron chi connectivity index (χ3n) is 4.92. The summed E-state index contributed by atoms with van der Waals surface area (Å²) in [6.07, 6.45) is 6.18. The van der Waals surface area contributed by atoms with E-state index >= 15 is 0 Å². The van der Waals surface area contributed by atoms with Crippen LogP contribution in [0.1, 0.15) is 18.4 Å². The summed E-state index contributed by atoms with van der Waals surface area (Å²) in [7, 11) is 3.83. The molecule has 25 heavy (non-hydrogen) atoms. The molecule has 2 aromatic rings. The fourth-order valence-corrected chi connectivity index (χ4v) is 3.82. The van der Waals surface area contributed by atoms with Gasteiger partial charge in [-0.25, -0.2) is 0 Å².